The van der Waals surface area contributed by atoms with Crippen LogP contribution in [0.2, 0.25) is 0 Å². The van der Waals surface area contributed by atoms with Crippen LogP contribution in [0.15, 0.2) is 0 Å². The quantitative estimate of drug-likeness (QED) is 0.647. The van der Waals surface area contributed by atoms with Gasteiger partial charge in [-0.1, -0.05) is 0 Å². The molecule has 0 saturated heterocycles. The molecule has 0 aliphatic rings. The third-order valence-electron chi connectivity index (χ3n) is 1.69. The van der Waals surface area contributed by atoms with Crippen LogP contribution in [-0.4, -0.2) is 55.4 Å². The minimum Gasteiger partial charge on any atom is -0.480 e. The van der Waals surface area contributed by atoms with Gasteiger partial charge in [0.15, 0.2) is 0 Å². The molecule has 0 fully saturated rings. The zero-order chi connectivity index (χ0) is 11.1. The number of carbonyl (C=O) groups is 2. The average molecular weight is 204 g/mol. The summed E-state index contributed by atoms with van der Waals surface area (Å²) in [7, 11) is 3.11. The molecule has 0 unspecified atom stereocenters. The van der Waals surface area contributed by atoms with E-state index in [2.05, 4.69) is 5.32 Å². The molecule has 0 aliphatic heterocycles. The molecule has 0 rings (SSSR count). The summed E-state index contributed by atoms with van der Waals surface area (Å²) >= 11 is 0. The highest BCUT2D eigenvalue weighted by molar-refractivity contribution is 5.82. The number of methoxy groups -OCH3 is 1. The van der Waals surface area contributed by atoms with Crippen molar-refractivity contribution in [2.45, 2.75) is 13.0 Å². The number of likely N-dealkylation sites (N-methyl/N-ethyl adjacent to an activating group) is 1. The van der Waals surface area contributed by atoms with Crippen LogP contribution in [0.3, 0.4) is 0 Å². The number of hydrogen-bond donors (Lipinski definition) is 2. The van der Waals surface area contributed by atoms with E-state index in [-0.39, 0.29) is 0 Å². The molecular weight excluding hydrogens is 188 g/mol. The largest absolute Gasteiger partial charge is 0.480 e. The number of nitrogens with one attached hydrogen (secondary N) is 1. The summed E-state index contributed by atoms with van der Waals surface area (Å²) in [5, 5.41) is 10.9. The Morgan fingerprint density at radius 1 is 1.57 bits per heavy atom. The van der Waals surface area contributed by atoms with Crippen molar-refractivity contribution >= 4 is 12.0 Å². The van der Waals surface area contributed by atoms with Crippen LogP contribution in [0.25, 0.3) is 0 Å². The number of rotatable bonds is 5. The lowest BCUT2D eigenvalue weighted by Crippen LogP contribution is -2.45. The molecule has 0 aromatic carbocycles. The molecule has 0 spiro atoms. The number of carbonyl (C=O) groups excluding carboxylic acids is 1. The van der Waals surface area contributed by atoms with E-state index < -0.39 is 18.0 Å². The second-order valence-electron chi connectivity index (χ2n) is 2.92. The molecule has 0 bridgehead atoms. The molecule has 82 valence electrons. The van der Waals surface area contributed by atoms with Gasteiger partial charge in [0.05, 0.1) is 6.61 Å². The lowest BCUT2D eigenvalue weighted by molar-refractivity contribution is -0.138. The predicted octanol–water partition coefficient (Wildman–Crippen LogP) is -0.253. The maximum atomic E-state index is 11.3. The Hall–Kier alpha value is -1.30. The van der Waals surface area contributed by atoms with E-state index in [1.54, 1.807) is 7.05 Å². The first-order valence-electron chi connectivity index (χ1n) is 4.22. The molecule has 0 aromatic rings. The van der Waals surface area contributed by atoms with Gasteiger partial charge in [-0.15, -0.1) is 0 Å². The molecule has 1 atom stereocenters. The fraction of sp³-hybridized carbons (Fsp3) is 0.750. The Bertz CT molecular complexity index is 208. The Morgan fingerprint density at radius 3 is 2.57 bits per heavy atom. The highest BCUT2D eigenvalue weighted by Crippen LogP contribution is 1.88. The number of nitrogens with zero attached hydrogens (tertiary/aromatic N) is 1. The summed E-state index contributed by atoms with van der Waals surface area (Å²) in [5.41, 5.74) is 0. The third kappa shape index (κ3) is 4.66. The summed E-state index contributed by atoms with van der Waals surface area (Å²) in [4.78, 5) is 23.0. The minimum atomic E-state index is -1.06. The normalized spacial score (nSPS) is 11.9. The van der Waals surface area contributed by atoms with Crippen molar-refractivity contribution < 1.29 is 19.4 Å². The number of amides is 2. The van der Waals surface area contributed by atoms with E-state index >= 15 is 0 Å². The van der Waals surface area contributed by atoms with Crippen molar-refractivity contribution in [1.82, 2.24) is 10.2 Å². The predicted molar refractivity (Wildman–Crippen MR) is 50.1 cm³/mol. The molecule has 14 heavy (non-hydrogen) atoms. The van der Waals surface area contributed by atoms with Crippen molar-refractivity contribution in [2.75, 3.05) is 27.3 Å². The van der Waals surface area contributed by atoms with E-state index in [0.29, 0.717) is 13.2 Å². The SMILES string of the molecule is COCCN(C)C(=O)N[C@H](C)C(=O)O. The summed E-state index contributed by atoms with van der Waals surface area (Å²) in [6.45, 7) is 2.25. The minimum absolute atomic E-state index is 0.419. The Morgan fingerprint density at radius 2 is 2.14 bits per heavy atom. The number of carboxylic acid groups (broad SMARTS) is 1. The second-order valence-corrected chi connectivity index (χ2v) is 2.92. The van der Waals surface area contributed by atoms with Gasteiger partial charge in [0.1, 0.15) is 6.04 Å². The van der Waals surface area contributed by atoms with E-state index in [4.69, 9.17) is 9.84 Å². The van der Waals surface area contributed by atoms with Crippen molar-refractivity contribution in [3.05, 3.63) is 0 Å². The molecule has 0 aliphatic carbocycles. The van der Waals surface area contributed by atoms with Crippen molar-refractivity contribution in [1.29, 1.82) is 0 Å². The second kappa shape index (κ2) is 6.20. The fourth-order valence-electron chi connectivity index (χ4n) is 0.687. The number of carboxylic acids is 1. The van der Waals surface area contributed by atoms with Gasteiger partial charge >= 0.3 is 12.0 Å². The number of urea groups is 1. The molecule has 0 radical (unpaired) electrons. The van der Waals surface area contributed by atoms with Gasteiger partial charge in [-0.05, 0) is 6.92 Å². The summed E-state index contributed by atoms with van der Waals surface area (Å²) in [6.07, 6.45) is 0. The van der Waals surface area contributed by atoms with E-state index in [9.17, 15) is 9.59 Å². The zero-order valence-electron chi connectivity index (χ0n) is 8.61. The van der Waals surface area contributed by atoms with E-state index in [1.165, 1.54) is 18.9 Å². The van der Waals surface area contributed by atoms with Crippen LogP contribution in [0.1, 0.15) is 6.92 Å². The van der Waals surface area contributed by atoms with Crippen molar-refractivity contribution in [3.8, 4) is 0 Å². The monoisotopic (exact) mass is 204 g/mol. The highest BCUT2D eigenvalue weighted by atomic mass is 16.5. The molecule has 2 amide bonds. The Labute approximate surface area is 82.8 Å². The fourth-order valence-corrected chi connectivity index (χ4v) is 0.687. The zero-order valence-corrected chi connectivity index (χ0v) is 8.61. The first-order chi connectivity index (χ1) is 6.49. The van der Waals surface area contributed by atoms with Crippen LogP contribution in [0, 0.1) is 0 Å². The van der Waals surface area contributed by atoms with E-state index in [0.717, 1.165) is 0 Å². The van der Waals surface area contributed by atoms with Crippen LogP contribution in [-0.2, 0) is 9.53 Å². The van der Waals surface area contributed by atoms with Gasteiger partial charge in [0.2, 0.25) is 0 Å². The van der Waals surface area contributed by atoms with Gasteiger partial charge in [-0.3, -0.25) is 4.79 Å². The van der Waals surface area contributed by atoms with Gasteiger partial charge in [-0.25, -0.2) is 4.79 Å². The molecule has 0 aromatic heterocycles. The standard InChI is InChI=1S/C8H16N2O4/c1-6(7(11)12)9-8(13)10(2)4-5-14-3/h6H,4-5H2,1-3H3,(H,9,13)(H,11,12)/t6-/m1/s1. The van der Waals surface area contributed by atoms with E-state index in [1.807, 2.05) is 0 Å². The van der Waals surface area contributed by atoms with Crippen molar-refractivity contribution in [2.24, 2.45) is 0 Å². The maximum Gasteiger partial charge on any atom is 0.325 e. The van der Waals surface area contributed by atoms with Crippen LogP contribution >= 0.6 is 0 Å². The topological polar surface area (TPSA) is 78.9 Å². The highest BCUT2D eigenvalue weighted by Gasteiger charge is 2.16. The first kappa shape index (κ1) is 12.7. The molecular formula is C8H16N2O4. The molecule has 6 heteroatoms. The van der Waals surface area contributed by atoms with Crippen LogP contribution < -0.4 is 5.32 Å². The van der Waals surface area contributed by atoms with Gasteiger partial charge in [-0.2, -0.15) is 0 Å². The van der Waals surface area contributed by atoms with Gasteiger partial charge in [0, 0.05) is 20.7 Å². The third-order valence-corrected chi connectivity index (χ3v) is 1.69. The number of hydrogen-bond acceptors (Lipinski definition) is 3. The van der Waals surface area contributed by atoms with Crippen LogP contribution in [0.4, 0.5) is 4.79 Å². The van der Waals surface area contributed by atoms with Crippen molar-refractivity contribution in [3.63, 3.8) is 0 Å². The molecule has 6 nitrogen and oxygen atoms in total. The average Bonchev–Trinajstić information content (AvgIpc) is 2.13. The summed E-state index contributed by atoms with van der Waals surface area (Å²) in [5.74, 6) is -1.06. The lowest BCUT2D eigenvalue weighted by Gasteiger charge is -2.18. The summed E-state index contributed by atoms with van der Waals surface area (Å²) < 4.78 is 4.78. The van der Waals surface area contributed by atoms with Crippen LogP contribution in [0.5, 0.6) is 0 Å². The number of ether oxygens (including phenoxy) is 1. The summed E-state index contributed by atoms with van der Waals surface area (Å²) in [6, 6.07) is -1.30. The lowest BCUT2D eigenvalue weighted by atomic mass is 10.3. The smallest absolute Gasteiger partial charge is 0.325 e. The molecule has 0 heterocycles. The number of aliphatic carboxylic acids is 1. The maximum absolute atomic E-state index is 11.3. The molecule has 0 saturated carbocycles. The Balaban J connectivity index is 3.88. The van der Waals surface area contributed by atoms with Gasteiger partial charge < -0.3 is 20.1 Å². The first-order valence-corrected chi connectivity index (χ1v) is 4.22. The Kier molecular flexibility index (Phi) is 5.62. The molecule has 2 N–H and O–H groups in total. The van der Waals surface area contributed by atoms with Gasteiger partial charge in [0.25, 0.3) is 0 Å².